The van der Waals surface area contributed by atoms with Crippen molar-refractivity contribution >= 4 is 17.7 Å². The molecule has 0 aliphatic carbocycles. The lowest BCUT2D eigenvalue weighted by Crippen LogP contribution is -2.45. The van der Waals surface area contributed by atoms with Crippen molar-refractivity contribution in [3.8, 4) is 28.4 Å². The fraction of sp³-hybridized carbons (Fsp3) is 0.294. The van der Waals surface area contributed by atoms with E-state index in [1.54, 1.807) is 73.5 Å². The Balaban J connectivity index is 1.32. The highest BCUT2D eigenvalue weighted by molar-refractivity contribution is 5.95. The number of hydrogen-bond acceptors (Lipinski definition) is 9. The summed E-state index contributed by atoms with van der Waals surface area (Å²) in [6, 6.07) is 15.2. The molecule has 2 aromatic heterocycles. The van der Waals surface area contributed by atoms with E-state index in [1.807, 2.05) is 6.07 Å². The van der Waals surface area contributed by atoms with E-state index in [4.69, 9.17) is 14.2 Å². The van der Waals surface area contributed by atoms with E-state index in [0.29, 0.717) is 39.8 Å². The third-order valence-electron chi connectivity index (χ3n) is 8.13. The molecule has 0 radical (unpaired) electrons. The first-order valence-corrected chi connectivity index (χ1v) is 15.1. The highest BCUT2D eigenvalue weighted by Gasteiger charge is 2.38. The van der Waals surface area contributed by atoms with Crippen LogP contribution in [0.25, 0.3) is 11.1 Å². The molecule has 7 rings (SSSR count). The van der Waals surface area contributed by atoms with Gasteiger partial charge in [-0.3, -0.25) is 23.9 Å². The number of benzene rings is 2. The standard InChI is InChI=1S/C34H34N6O7/c1-20-9-21(2)40(34(44)37-20)18-32(42)39-16-28-30(17-39)47-27-8-7-23(29(12-27)45-3)15-36-31(41)19-46-26-6-4-5-22(11-26)24-10-25(14-35-13-24)33(43)38-28/h4-14,28,30H,15-19H2,1-3H3,(H,36,41)(H,38,43)/t28-,30-/m0/s1. The smallest absolute Gasteiger partial charge is 0.348 e. The SMILES string of the molecule is COc1cc2ccc1CNC(=O)COc1cccc(c1)-c1cncc(c1)C(=O)N[C@H]1CN(C(=O)Cn3c(C)cc(C)nc3=O)C[C@@H]1O2. The Hall–Kier alpha value is -5.72. The summed E-state index contributed by atoms with van der Waals surface area (Å²) in [5.41, 5.74) is 3.15. The number of carbonyl (C=O) groups excluding carboxylic acids is 3. The molecule has 1 saturated heterocycles. The summed E-state index contributed by atoms with van der Waals surface area (Å²) in [7, 11) is 1.52. The van der Waals surface area contributed by atoms with Crippen LogP contribution in [0, 0.1) is 13.8 Å². The Morgan fingerprint density at radius 2 is 1.81 bits per heavy atom. The average molecular weight is 639 g/mol. The maximum Gasteiger partial charge on any atom is 0.348 e. The normalized spacial score (nSPS) is 17.9. The summed E-state index contributed by atoms with van der Waals surface area (Å²) in [6.07, 6.45) is 2.46. The number of likely N-dealkylation sites (tertiary alicyclic amines) is 1. The van der Waals surface area contributed by atoms with Crippen molar-refractivity contribution in [2.24, 2.45) is 0 Å². The van der Waals surface area contributed by atoms with Crippen LogP contribution in [0.15, 0.2) is 71.8 Å². The third kappa shape index (κ3) is 7.08. The molecule has 1 fully saturated rings. The Labute approximate surface area is 270 Å². The molecule has 0 saturated carbocycles. The Bertz CT molecular complexity index is 1910. The molecule has 242 valence electrons. The summed E-state index contributed by atoms with van der Waals surface area (Å²) in [4.78, 5) is 62.1. The molecule has 5 heterocycles. The zero-order valence-electron chi connectivity index (χ0n) is 26.2. The van der Waals surface area contributed by atoms with E-state index in [0.717, 1.165) is 11.1 Å². The number of carbonyl (C=O) groups is 3. The number of pyridine rings is 1. The van der Waals surface area contributed by atoms with Crippen molar-refractivity contribution in [3.05, 3.63) is 100.0 Å². The van der Waals surface area contributed by atoms with E-state index in [2.05, 4.69) is 20.6 Å². The number of ether oxygens (including phenoxy) is 3. The first-order chi connectivity index (χ1) is 22.7. The molecule has 2 atom stereocenters. The van der Waals surface area contributed by atoms with Gasteiger partial charge in [0.15, 0.2) is 6.61 Å². The number of fused-ring (bicyclic) bond motifs is 7. The molecule has 4 aromatic rings. The molecular formula is C34H34N6O7. The predicted octanol–water partition coefficient (Wildman–Crippen LogP) is 2.03. The lowest BCUT2D eigenvalue weighted by atomic mass is 10.1. The number of hydrogen-bond donors (Lipinski definition) is 2. The molecular weight excluding hydrogens is 604 g/mol. The van der Waals surface area contributed by atoms with Crippen LogP contribution < -0.4 is 30.5 Å². The van der Waals surface area contributed by atoms with Crippen LogP contribution in [-0.2, 0) is 22.7 Å². The minimum Gasteiger partial charge on any atom is -0.496 e. The number of aryl methyl sites for hydroxylation is 2. The van der Waals surface area contributed by atoms with Crippen LogP contribution in [-0.4, -0.2) is 76.1 Å². The lowest BCUT2D eigenvalue weighted by Gasteiger charge is -2.22. The van der Waals surface area contributed by atoms with Crippen LogP contribution in [0.2, 0.25) is 0 Å². The Kier molecular flexibility index (Phi) is 8.87. The van der Waals surface area contributed by atoms with Gasteiger partial charge in [0.1, 0.15) is 29.9 Å². The van der Waals surface area contributed by atoms with Gasteiger partial charge in [0.25, 0.3) is 11.8 Å². The second kappa shape index (κ2) is 13.3. The largest absolute Gasteiger partial charge is 0.496 e. The zero-order valence-corrected chi connectivity index (χ0v) is 26.2. The van der Waals surface area contributed by atoms with E-state index >= 15 is 0 Å². The fourth-order valence-electron chi connectivity index (χ4n) is 5.69. The summed E-state index contributed by atoms with van der Waals surface area (Å²) in [5.74, 6) is 0.398. The molecule has 3 aliphatic heterocycles. The number of rotatable bonds is 3. The van der Waals surface area contributed by atoms with Gasteiger partial charge in [-0.1, -0.05) is 12.1 Å². The third-order valence-corrected chi connectivity index (χ3v) is 8.13. The second-order valence-electron chi connectivity index (χ2n) is 11.5. The molecule has 3 amide bonds. The topological polar surface area (TPSA) is 154 Å². The molecule has 0 unspecified atom stereocenters. The molecule has 0 spiro atoms. The number of aromatic nitrogens is 3. The Morgan fingerprint density at radius 1 is 0.979 bits per heavy atom. The first kappa shape index (κ1) is 31.3. The van der Waals surface area contributed by atoms with Crippen molar-refractivity contribution in [2.45, 2.75) is 39.1 Å². The summed E-state index contributed by atoms with van der Waals surface area (Å²) >= 11 is 0. The van der Waals surface area contributed by atoms with E-state index in [9.17, 15) is 19.2 Å². The number of methoxy groups -OCH3 is 1. The number of nitrogens with zero attached hydrogens (tertiary/aromatic N) is 4. The maximum absolute atomic E-state index is 13.6. The number of amides is 3. The van der Waals surface area contributed by atoms with Crippen molar-refractivity contribution in [2.75, 3.05) is 26.8 Å². The Morgan fingerprint density at radius 3 is 2.62 bits per heavy atom. The molecule has 2 aromatic carbocycles. The molecule has 13 nitrogen and oxygen atoms in total. The maximum atomic E-state index is 13.6. The van der Waals surface area contributed by atoms with Gasteiger partial charge in [-0.25, -0.2) is 4.79 Å². The van der Waals surface area contributed by atoms with Crippen LogP contribution in [0.1, 0.15) is 27.3 Å². The minimum absolute atomic E-state index is 0.149. The van der Waals surface area contributed by atoms with E-state index in [1.165, 1.54) is 17.9 Å². The van der Waals surface area contributed by atoms with E-state index in [-0.39, 0.29) is 44.6 Å². The van der Waals surface area contributed by atoms with Crippen LogP contribution in [0.5, 0.6) is 17.2 Å². The van der Waals surface area contributed by atoms with Gasteiger partial charge in [0.2, 0.25) is 5.91 Å². The molecule has 2 N–H and O–H groups in total. The second-order valence-corrected chi connectivity index (χ2v) is 11.5. The first-order valence-electron chi connectivity index (χ1n) is 15.1. The number of nitrogens with one attached hydrogen (secondary N) is 2. The van der Waals surface area contributed by atoms with Gasteiger partial charge in [0, 0.05) is 54.1 Å². The lowest BCUT2D eigenvalue weighted by molar-refractivity contribution is -0.131. The van der Waals surface area contributed by atoms with Gasteiger partial charge >= 0.3 is 5.69 Å². The monoisotopic (exact) mass is 638 g/mol. The summed E-state index contributed by atoms with van der Waals surface area (Å²) in [6.45, 7) is 3.58. The summed E-state index contributed by atoms with van der Waals surface area (Å²) < 4.78 is 19.0. The van der Waals surface area contributed by atoms with Gasteiger partial charge in [-0.15, -0.1) is 0 Å². The molecule has 13 heteroatoms. The average Bonchev–Trinajstić information content (AvgIpc) is 3.46. The van der Waals surface area contributed by atoms with Crippen LogP contribution in [0.3, 0.4) is 0 Å². The van der Waals surface area contributed by atoms with Gasteiger partial charge in [-0.05, 0) is 55.8 Å². The van der Waals surface area contributed by atoms with Crippen molar-refractivity contribution in [1.29, 1.82) is 0 Å². The van der Waals surface area contributed by atoms with Gasteiger partial charge < -0.3 is 29.7 Å². The van der Waals surface area contributed by atoms with E-state index < -0.39 is 23.7 Å². The molecule has 47 heavy (non-hydrogen) atoms. The van der Waals surface area contributed by atoms with Gasteiger partial charge in [0.05, 0.1) is 25.3 Å². The summed E-state index contributed by atoms with van der Waals surface area (Å²) in [5, 5.41) is 5.88. The van der Waals surface area contributed by atoms with Crippen LogP contribution >= 0.6 is 0 Å². The highest BCUT2D eigenvalue weighted by Crippen LogP contribution is 2.28. The van der Waals surface area contributed by atoms with Crippen molar-refractivity contribution in [3.63, 3.8) is 0 Å². The van der Waals surface area contributed by atoms with Crippen molar-refractivity contribution in [1.82, 2.24) is 30.1 Å². The molecule has 3 aliphatic rings. The minimum atomic E-state index is -0.636. The highest BCUT2D eigenvalue weighted by atomic mass is 16.5. The van der Waals surface area contributed by atoms with Crippen molar-refractivity contribution < 1.29 is 28.6 Å². The predicted molar refractivity (Wildman–Crippen MR) is 170 cm³/mol. The molecule has 6 bridgehead atoms. The van der Waals surface area contributed by atoms with Crippen LogP contribution in [0.4, 0.5) is 0 Å². The van der Waals surface area contributed by atoms with Gasteiger partial charge in [-0.2, -0.15) is 4.98 Å². The quantitative estimate of drug-likeness (QED) is 0.343. The zero-order chi connectivity index (χ0) is 33.1. The fourth-order valence-corrected chi connectivity index (χ4v) is 5.69.